The van der Waals surface area contributed by atoms with Crippen molar-refractivity contribution in [2.24, 2.45) is 11.8 Å². The van der Waals surface area contributed by atoms with Crippen LogP contribution in [-0.2, 0) is 14.3 Å². The number of hydrogen-bond donors (Lipinski definition) is 4. The molecule has 0 radical (unpaired) electrons. The van der Waals surface area contributed by atoms with Gasteiger partial charge in [0.1, 0.15) is 12.6 Å². The van der Waals surface area contributed by atoms with Gasteiger partial charge in [-0.1, -0.05) is 55.0 Å². The summed E-state index contributed by atoms with van der Waals surface area (Å²) in [5.74, 6) is -2.36. The predicted molar refractivity (Wildman–Crippen MR) is 121 cm³/mol. The number of alkyl carbamates (subject to hydrolysis) is 1. The molecule has 8 heteroatoms. The van der Waals surface area contributed by atoms with Gasteiger partial charge in [-0.3, -0.25) is 4.79 Å². The van der Waals surface area contributed by atoms with Crippen LogP contribution in [0.3, 0.4) is 0 Å². The van der Waals surface area contributed by atoms with Crippen molar-refractivity contribution in [2.75, 3.05) is 19.8 Å². The molecular formula is C25H28N2O6. The van der Waals surface area contributed by atoms with Gasteiger partial charge < -0.3 is 25.6 Å². The lowest BCUT2D eigenvalue weighted by Crippen LogP contribution is -2.50. The minimum Gasteiger partial charge on any atom is -0.480 e. The van der Waals surface area contributed by atoms with E-state index < -0.39 is 36.5 Å². The molecule has 4 rings (SSSR count). The summed E-state index contributed by atoms with van der Waals surface area (Å²) >= 11 is 0. The Bertz CT molecular complexity index is 990. The number of nitrogens with one attached hydrogen (secondary N) is 2. The lowest BCUT2D eigenvalue weighted by atomic mass is 9.75. The van der Waals surface area contributed by atoms with Crippen LogP contribution in [0.2, 0.25) is 0 Å². The average Bonchev–Trinajstić information content (AvgIpc) is 3.10. The third-order valence-corrected chi connectivity index (χ3v) is 6.66. The van der Waals surface area contributed by atoms with Crippen molar-refractivity contribution < 1.29 is 29.3 Å². The fourth-order valence-electron chi connectivity index (χ4n) is 4.62. The van der Waals surface area contributed by atoms with Crippen LogP contribution in [0.1, 0.15) is 36.3 Å². The number of carboxylic acids is 1. The highest BCUT2D eigenvalue weighted by Crippen LogP contribution is 2.44. The van der Waals surface area contributed by atoms with E-state index in [9.17, 15) is 19.5 Å². The molecule has 2 aliphatic carbocycles. The molecule has 2 aromatic rings. The molecule has 1 fully saturated rings. The first-order chi connectivity index (χ1) is 16.0. The maximum absolute atomic E-state index is 12.6. The molecular weight excluding hydrogens is 424 g/mol. The highest BCUT2D eigenvalue weighted by atomic mass is 16.5. The van der Waals surface area contributed by atoms with E-state index in [2.05, 4.69) is 22.8 Å². The van der Waals surface area contributed by atoms with Crippen molar-refractivity contribution in [2.45, 2.75) is 31.2 Å². The minimum atomic E-state index is -1.37. The summed E-state index contributed by atoms with van der Waals surface area (Å²) in [5.41, 5.74) is 4.50. The van der Waals surface area contributed by atoms with E-state index in [1.165, 1.54) is 0 Å². The van der Waals surface area contributed by atoms with E-state index in [4.69, 9.17) is 9.84 Å². The molecule has 8 nitrogen and oxygen atoms in total. The lowest BCUT2D eigenvalue weighted by Gasteiger charge is -2.33. The molecule has 2 aliphatic rings. The second kappa shape index (κ2) is 10.0. The average molecular weight is 453 g/mol. The van der Waals surface area contributed by atoms with Crippen molar-refractivity contribution in [1.82, 2.24) is 10.6 Å². The lowest BCUT2D eigenvalue weighted by molar-refractivity contribution is -0.144. The molecule has 0 spiro atoms. The van der Waals surface area contributed by atoms with Crippen LogP contribution >= 0.6 is 0 Å². The minimum absolute atomic E-state index is 0.0466. The van der Waals surface area contributed by atoms with E-state index in [1.807, 2.05) is 36.4 Å². The Balaban J connectivity index is 1.35. The second-order valence-electron chi connectivity index (χ2n) is 8.59. The maximum atomic E-state index is 12.6. The molecule has 4 N–H and O–H groups in total. The number of carbonyl (C=O) groups excluding carboxylic acids is 2. The van der Waals surface area contributed by atoms with Gasteiger partial charge in [-0.2, -0.15) is 0 Å². The summed E-state index contributed by atoms with van der Waals surface area (Å²) in [4.78, 5) is 36.2. The second-order valence-corrected chi connectivity index (χ2v) is 8.59. The molecule has 2 amide bonds. The van der Waals surface area contributed by atoms with Crippen molar-refractivity contribution >= 4 is 18.0 Å². The summed E-state index contributed by atoms with van der Waals surface area (Å²) in [6.07, 6.45) is 2.04. The van der Waals surface area contributed by atoms with E-state index in [0.717, 1.165) is 41.5 Å². The van der Waals surface area contributed by atoms with Gasteiger partial charge in [0, 0.05) is 12.5 Å². The zero-order valence-corrected chi connectivity index (χ0v) is 18.2. The van der Waals surface area contributed by atoms with E-state index >= 15 is 0 Å². The molecule has 0 aromatic heterocycles. The zero-order valence-electron chi connectivity index (χ0n) is 18.2. The van der Waals surface area contributed by atoms with Crippen LogP contribution in [0.25, 0.3) is 11.1 Å². The Morgan fingerprint density at radius 2 is 1.61 bits per heavy atom. The first-order valence-corrected chi connectivity index (χ1v) is 11.2. The van der Waals surface area contributed by atoms with Crippen LogP contribution in [0.5, 0.6) is 0 Å². The standard InChI is InChI=1S/C25H28N2O6/c28-13-22(24(30)31)27-23(29)20(15-6-5-7-15)12-26-25(32)33-14-21-18-10-3-1-8-16(18)17-9-2-4-11-19(17)21/h1-4,8-11,15,20-22,28H,5-7,12-14H2,(H,26,32)(H,27,29)(H,30,31)/t20?,22-/m0/s1. The van der Waals surface area contributed by atoms with E-state index in [1.54, 1.807) is 0 Å². The van der Waals surface area contributed by atoms with Crippen LogP contribution in [0.15, 0.2) is 48.5 Å². The van der Waals surface area contributed by atoms with Gasteiger partial charge in [0.2, 0.25) is 5.91 Å². The topological polar surface area (TPSA) is 125 Å². The van der Waals surface area contributed by atoms with Gasteiger partial charge in [0.15, 0.2) is 0 Å². The van der Waals surface area contributed by atoms with Gasteiger partial charge in [-0.25, -0.2) is 9.59 Å². The number of aliphatic carboxylic acids is 1. The number of carbonyl (C=O) groups is 3. The molecule has 0 heterocycles. The van der Waals surface area contributed by atoms with Crippen molar-refractivity contribution in [1.29, 1.82) is 0 Å². The van der Waals surface area contributed by atoms with Crippen LogP contribution in [0, 0.1) is 11.8 Å². The molecule has 2 aromatic carbocycles. The van der Waals surface area contributed by atoms with Crippen LogP contribution < -0.4 is 10.6 Å². The number of benzene rings is 2. The molecule has 0 saturated heterocycles. The van der Waals surface area contributed by atoms with Crippen LogP contribution in [-0.4, -0.2) is 54.0 Å². The first kappa shape index (κ1) is 22.8. The highest BCUT2D eigenvalue weighted by molar-refractivity contribution is 5.86. The third-order valence-electron chi connectivity index (χ3n) is 6.66. The van der Waals surface area contributed by atoms with Crippen molar-refractivity contribution in [3.63, 3.8) is 0 Å². The van der Waals surface area contributed by atoms with Gasteiger partial charge in [0.25, 0.3) is 0 Å². The van der Waals surface area contributed by atoms with Crippen molar-refractivity contribution in [3.05, 3.63) is 59.7 Å². The van der Waals surface area contributed by atoms with Crippen LogP contribution in [0.4, 0.5) is 4.79 Å². The number of rotatable bonds is 9. The number of hydrogen-bond acceptors (Lipinski definition) is 5. The summed E-state index contributed by atoms with van der Waals surface area (Å²) < 4.78 is 5.53. The molecule has 33 heavy (non-hydrogen) atoms. The Hall–Kier alpha value is -3.39. The largest absolute Gasteiger partial charge is 0.480 e. The van der Waals surface area contributed by atoms with E-state index in [0.29, 0.717) is 0 Å². The third kappa shape index (κ3) is 4.85. The zero-order chi connectivity index (χ0) is 23.4. The fraction of sp³-hybridized carbons (Fsp3) is 0.400. The molecule has 1 saturated carbocycles. The summed E-state index contributed by atoms with van der Waals surface area (Å²) in [6, 6.07) is 14.8. The van der Waals surface area contributed by atoms with Gasteiger partial charge >= 0.3 is 12.1 Å². The summed E-state index contributed by atoms with van der Waals surface area (Å²) in [7, 11) is 0. The number of aliphatic hydroxyl groups is 1. The first-order valence-electron chi connectivity index (χ1n) is 11.2. The predicted octanol–water partition coefficient (Wildman–Crippen LogP) is 2.50. The molecule has 2 atom stereocenters. The van der Waals surface area contributed by atoms with Gasteiger partial charge in [-0.05, 0) is 41.0 Å². The molecule has 0 bridgehead atoms. The normalized spacial score (nSPS) is 16.6. The number of carboxylic acid groups (broad SMARTS) is 1. The van der Waals surface area contributed by atoms with E-state index in [-0.39, 0.29) is 25.0 Å². The Labute approximate surface area is 192 Å². The Morgan fingerprint density at radius 3 is 2.12 bits per heavy atom. The monoisotopic (exact) mass is 452 g/mol. The summed E-state index contributed by atoms with van der Waals surface area (Å²) in [6.45, 7) is -0.477. The number of aliphatic hydroxyl groups excluding tert-OH is 1. The quantitative estimate of drug-likeness (QED) is 0.463. The van der Waals surface area contributed by atoms with Gasteiger partial charge in [0.05, 0.1) is 12.5 Å². The Kier molecular flexibility index (Phi) is 6.93. The highest BCUT2D eigenvalue weighted by Gasteiger charge is 2.35. The Morgan fingerprint density at radius 1 is 1.00 bits per heavy atom. The number of ether oxygens (including phenoxy) is 1. The van der Waals surface area contributed by atoms with Crippen molar-refractivity contribution in [3.8, 4) is 11.1 Å². The maximum Gasteiger partial charge on any atom is 0.407 e. The smallest absolute Gasteiger partial charge is 0.407 e. The molecule has 174 valence electrons. The SMILES string of the molecule is O=C(NCC(C(=O)N[C@@H](CO)C(=O)O)C1CCC1)OCC1c2ccccc2-c2ccccc21. The molecule has 0 aliphatic heterocycles. The fourth-order valence-corrected chi connectivity index (χ4v) is 4.62. The molecule has 1 unspecified atom stereocenters. The number of fused-ring (bicyclic) bond motifs is 3. The summed E-state index contributed by atoms with van der Waals surface area (Å²) in [5, 5.41) is 23.3. The number of amides is 2. The van der Waals surface area contributed by atoms with Gasteiger partial charge in [-0.15, -0.1) is 0 Å².